The first-order valence-corrected chi connectivity index (χ1v) is 10.3. The molecule has 10 heteroatoms. The lowest BCUT2D eigenvalue weighted by Crippen LogP contribution is -2.15. The van der Waals surface area contributed by atoms with Gasteiger partial charge in [-0.25, -0.2) is 0 Å². The molecule has 0 bridgehead atoms. The number of nitrogens with zero attached hydrogens (tertiary/aromatic N) is 3. The van der Waals surface area contributed by atoms with E-state index in [2.05, 4.69) is 15.5 Å². The summed E-state index contributed by atoms with van der Waals surface area (Å²) in [6.45, 7) is 0. The first kappa shape index (κ1) is 20.6. The smallest absolute Gasteiger partial charge is 0.288 e. The van der Waals surface area contributed by atoms with Crippen LogP contribution < -0.4 is 5.32 Å². The third-order valence-corrected chi connectivity index (χ3v) is 5.71. The van der Waals surface area contributed by atoms with E-state index in [1.54, 1.807) is 48.0 Å². The number of halogens is 3. The molecule has 3 aromatic rings. The maximum absolute atomic E-state index is 12.6. The van der Waals surface area contributed by atoms with Crippen molar-refractivity contribution in [2.45, 2.75) is 15.8 Å². The van der Waals surface area contributed by atoms with Crippen LogP contribution in [0.2, 0.25) is 5.02 Å². The van der Waals surface area contributed by atoms with Gasteiger partial charge in [-0.1, -0.05) is 47.3 Å². The van der Waals surface area contributed by atoms with Gasteiger partial charge in [0.1, 0.15) is 0 Å². The van der Waals surface area contributed by atoms with Crippen LogP contribution >= 0.6 is 35.1 Å². The van der Waals surface area contributed by atoms with Gasteiger partial charge in [0.2, 0.25) is 5.91 Å². The summed E-state index contributed by atoms with van der Waals surface area (Å²) in [5, 5.41) is 12.1. The molecule has 0 aliphatic rings. The first-order chi connectivity index (χ1) is 13.4. The summed E-state index contributed by atoms with van der Waals surface area (Å²) in [6, 6.07) is 13.7. The number of hydrogen-bond acceptors (Lipinski definition) is 5. The van der Waals surface area contributed by atoms with Crippen LogP contribution in [-0.2, 0) is 11.8 Å². The maximum atomic E-state index is 12.6. The van der Waals surface area contributed by atoms with Crippen molar-refractivity contribution in [2.75, 3.05) is 11.1 Å². The van der Waals surface area contributed by atoms with Gasteiger partial charge in [-0.05, 0) is 36.4 Å². The van der Waals surface area contributed by atoms with Crippen molar-refractivity contribution in [3.63, 3.8) is 0 Å². The molecule has 1 N–H and O–H groups in total. The van der Waals surface area contributed by atoms with Crippen LogP contribution in [0.1, 0.15) is 0 Å². The van der Waals surface area contributed by atoms with E-state index >= 15 is 0 Å². The number of hydrogen-bond donors (Lipinski definition) is 1. The van der Waals surface area contributed by atoms with E-state index in [0.717, 1.165) is 5.56 Å². The van der Waals surface area contributed by atoms with Gasteiger partial charge in [0.25, 0.3) is 5.76 Å². The van der Waals surface area contributed by atoms with E-state index in [1.165, 1.54) is 11.8 Å². The molecule has 2 aromatic carbocycles. The van der Waals surface area contributed by atoms with Crippen LogP contribution in [0, 0.1) is 0 Å². The number of anilines is 1. The van der Waals surface area contributed by atoms with Crippen molar-refractivity contribution < 1.29 is 13.6 Å². The molecule has 0 radical (unpaired) electrons. The summed E-state index contributed by atoms with van der Waals surface area (Å²) in [5.41, 5.74) is 1.21. The molecule has 3 rings (SSSR count). The van der Waals surface area contributed by atoms with E-state index in [4.69, 9.17) is 11.6 Å². The number of para-hydroxylation sites is 1. The summed E-state index contributed by atoms with van der Waals surface area (Å²) >= 11 is 7.50. The molecule has 1 heterocycles. The second-order valence-electron chi connectivity index (χ2n) is 5.58. The van der Waals surface area contributed by atoms with E-state index < -0.39 is 5.76 Å². The Bertz CT molecular complexity index is 966. The molecule has 0 fully saturated rings. The molecule has 0 spiro atoms. The zero-order valence-electron chi connectivity index (χ0n) is 14.6. The Hall–Kier alpha value is -2.10. The highest BCUT2D eigenvalue weighted by Crippen LogP contribution is 2.32. The summed E-state index contributed by atoms with van der Waals surface area (Å²) in [6.07, 6.45) is 0. The van der Waals surface area contributed by atoms with E-state index in [9.17, 15) is 13.6 Å². The lowest BCUT2D eigenvalue weighted by Gasteiger charge is -2.10. The molecule has 0 saturated heterocycles. The largest absolute Gasteiger partial charge is 0.324 e. The zero-order chi connectivity index (χ0) is 20.1. The second kappa shape index (κ2) is 9.40. The number of aromatic nitrogens is 3. The highest BCUT2D eigenvalue weighted by Gasteiger charge is 2.15. The fraction of sp³-hybridized carbons (Fsp3) is 0.167. The van der Waals surface area contributed by atoms with Crippen molar-refractivity contribution in [1.29, 1.82) is 0 Å². The number of rotatable bonds is 7. The molecular formula is C18H15ClF2N4OS2. The molecule has 0 saturated carbocycles. The van der Waals surface area contributed by atoms with Gasteiger partial charge in [0.15, 0.2) is 11.0 Å². The molecule has 28 heavy (non-hydrogen) atoms. The summed E-state index contributed by atoms with van der Waals surface area (Å²) in [7, 11) is 1.80. The van der Waals surface area contributed by atoms with Crippen molar-refractivity contribution in [3.05, 3.63) is 53.6 Å². The fourth-order valence-electron chi connectivity index (χ4n) is 2.38. The van der Waals surface area contributed by atoms with Crippen molar-refractivity contribution >= 4 is 46.7 Å². The lowest BCUT2D eigenvalue weighted by molar-refractivity contribution is -0.113. The zero-order valence-corrected chi connectivity index (χ0v) is 17.0. The Labute approximate surface area is 173 Å². The minimum absolute atomic E-state index is 0.0697. The van der Waals surface area contributed by atoms with Crippen molar-refractivity contribution in [3.8, 4) is 11.4 Å². The molecule has 1 aromatic heterocycles. The van der Waals surface area contributed by atoms with Crippen molar-refractivity contribution in [1.82, 2.24) is 14.8 Å². The van der Waals surface area contributed by atoms with Gasteiger partial charge in [-0.2, -0.15) is 8.78 Å². The Morgan fingerprint density at radius 2 is 1.89 bits per heavy atom. The second-order valence-corrected chi connectivity index (χ2v) is 7.99. The SMILES string of the molecule is Cn1c(SCC(=O)Nc2ccccc2SC(F)F)nnc1-c1ccc(Cl)cc1. The third-order valence-electron chi connectivity index (χ3n) is 3.65. The van der Waals surface area contributed by atoms with Gasteiger partial charge in [-0.3, -0.25) is 4.79 Å². The average Bonchev–Trinajstić information content (AvgIpc) is 3.02. The molecule has 0 aliphatic carbocycles. The highest BCUT2D eigenvalue weighted by molar-refractivity contribution is 8.00. The summed E-state index contributed by atoms with van der Waals surface area (Å²) in [5.74, 6) is -2.15. The van der Waals surface area contributed by atoms with Gasteiger partial charge < -0.3 is 9.88 Å². The van der Waals surface area contributed by atoms with Crippen LogP contribution in [0.5, 0.6) is 0 Å². The minimum atomic E-state index is -2.56. The van der Waals surface area contributed by atoms with E-state index in [0.29, 0.717) is 38.3 Å². The number of nitrogens with one attached hydrogen (secondary N) is 1. The molecule has 5 nitrogen and oxygen atoms in total. The van der Waals surface area contributed by atoms with Gasteiger partial charge in [0.05, 0.1) is 11.4 Å². The van der Waals surface area contributed by atoms with Gasteiger partial charge in [-0.15, -0.1) is 10.2 Å². The summed E-state index contributed by atoms with van der Waals surface area (Å²) < 4.78 is 27.1. The predicted octanol–water partition coefficient (Wildman–Crippen LogP) is 5.18. The van der Waals surface area contributed by atoms with Crippen LogP contribution in [0.15, 0.2) is 58.6 Å². The molecule has 146 valence electrons. The number of amides is 1. The third kappa shape index (κ3) is 5.24. The standard InChI is InChI=1S/C18H15ClF2N4OS2/c1-25-16(11-6-8-12(19)9-7-11)23-24-18(25)27-10-15(26)22-13-4-2-3-5-14(13)28-17(20)21/h2-9,17H,10H2,1H3,(H,22,26). The fourth-order valence-corrected chi connectivity index (χ4v) is 3.81. The molecule has 0 unspecified atom stereocenters. The van der Waals surface area contributed by atoms with Crippen LogP contribution in [-0.4, -0.2) is 32.2 Å². The number of thioether (sulfide) groups is 2. The Balaban J connectivity index is 1.64. The Morgan fingerprint density at radius 1 is 1.18 bits per heavy atom. The lowest BCUT2D eigenvalue weighted by atomic mass is 10.2. The topological polar surface area (TPSA) is 59.8 Å². The highest BCUT2D eigenvalue weighted by atomic mass is 35.5. The van der Waals surface area contributed by atoms with Crippen LogP contribution in [0.25, 0.3) is 11.4 Å². The van der Waals surface area contributed by atoms with Crippen LogP contribution in [0.4, 0.5) is 14.5 Å². The van der Waals surface area contributed by atoms with Crippen molar-refractivity contribution in [2.24, 2.45) is 7.05 Å². The number of carbonyl (C=O) groups is 1. The predicted molar refractivity (Wildman–Crippen MR) is 109 cm³/mol. The molecule has 1 amide bonds. The average molecular weight is 441 g/mol. The Morgan fingerprint density at radius 3 is 2.61 bits per heavy atom. The van der Waals surface area contributed by atoms with Gasteiger partial charge >= 0.3 is 0 Å². The monoisotopic (exact) mass is 440 g/mol. The Kier molecular flexibility index (Phi) is 6.93. The molecular weight excluding hydrogens is 426 g/mol. The number of alkyl halides is 2. The van der Waals surface area contributed by atoms with E-state index in [-0.39, 0.29) is 11.7 Å². The summed E-state index contributed by atoms with van der Waals surface area (Å²) in [4.78, 5) is 12.6. The molecule has 0 atom stereocenters. The quantitative estimate of drug-likeness (QED) is 0.513. The van der Waals surface area contributed by atoms with Gasteiger partial charge in [0, 0.05) is 22.5 Å². The maximum Gasteiger partial charge on any atom is 0.288 e. The number of benzene rings is 2. The van der Waals surface area contributed by atoms with Crippen LogP contribution in [0.3, 0.4) is 0 Å². The normalized spacial score (nSPS) is 11.0. The van der Waals surface area contributed by atoms with E-state index in [1.807, 2.05) is 12.1 Å². The minimum Gasteiger partial charge on any atom is -0.324 e. The number of carbonyl (C=O) groups excluding carboxylic acids is 1. The molecule has 0 aliphatic heterocycles. The first-order valence-electron chi connectivity index (χ1n) is 8.06.